The molecule has 0 fully saturated rings. The smallest absolute Gasteiger partial charge is 0.244 e. The standard InChI is InChI=1S/C17H27ClN4O2/c1-5-7-10-22-16(18)13(12(4)21-22)8-9-14(23)20-15(17(19)24)11(3)6-2/h8-9,11,15H,5-7,10H2,1-4H3,(H2,19,24)(H,20,23). The van der Waals surface area contributed by atoms with Crippen LogP contribution in [0.25, 0.3) is 6.08 Å². The molecule has 1 heterocycles. The number of rotatable bonds is 9. The number of halogens is 1. The SMILES string of the molecule is CCCCn1nc(C)c(C=CC(=O)NC(C(N)=O)C(C)CC)c1Cl. The molecule has 6 nitrogen and oxygen atoms in total. The summed E-state index contributed by atoms with van der Waals surface area (Å²) >= 11 is 6.32. The van der Waals surface area contributed by atoms with E-state index < -0.39 is 11.9 Å². The molecular weight excluding hydrogens is 328 g/mol. The van der Waals surface area contributed by atoms with Crippen molar-refractivity contribution in [2.45, 2.75) is 59.5 Å². The predicted molar refractivity (Wildman–Crippen MR) is 96.5 cm³/mol. The first kappa shape index (κ1) is 20.2. The zero-order valence-corrected chi connectivity index (χ0v) is 15.6. The van der Waals surface area contributed by atoms with E-state index in [2.05, 4.69) is 17.3 Å². The Morgan fingerprint density at radius 3 is 2.62 bits per heavy atom. The van der Waals surface area contributed by atoms with E-state index in [9.17, 15) is 9.59 Å². The van der Waals surface area contributed by atoms with Crippen molar-refractivity contribution in [2.24, 2.45) is 11.7 Å². The molecule has 0 radical (unpaired) electrons. The van der Waals surface area contributed by atoms with Gasteiger partial charge in [0.15, 0.2) is 0 Å². The van der Waals surface area contributed by atoms with Gasteiger partial charge in [-0.25, -0.2) is 0 Å². The van der Waals surface area contributed by atoms with Crippen molar-refractivity contribution in [1.82, 2.24) is 15.1 Å². The number of amides is 2. The normalized spacial score (nSPS) is 13.9. The summed E-state index contributed by atoms with van der Waals surface area (Å²) in [5, 5.41) is 7.54. The number of nitrogens with two attached hydrogens (primary N) is 1. The predicted octanol–water partition coefficient (Wildman–Crippen LogP) is 2.67. The van der Waals surface area contributed by atoms with Gasteiger partial charge in [0.1, 0.15) is 11.2 Å². The molecule has 0 aliphatic carbocycles. The molecule has 1 rings (SSSR count). The Labute approximate surface area is 148 Å². The van der Waals surface area contributed by atoms with Crippen LogP contribution in [0.15, 0.2) is 6.08 Å². The summed E-state index contributed by atoms with van der Waals surface area (Å²) in [7, 11) is 0. The van der Waals surface area contributed by atoms with Crippen LogP contribution < -0.4 is 11.1 Å². The number of nitrogens with one attached hydrogen (secondary N) is 1. The van der Waals surface area contributed by atoms with Gasteiger partial charge in [0, 0.05) is 18.2 Å². The lowest BCUT2D eigenvalue weighted by molar-refractivity contribution is -0.126. The van der Waals surface area contributed by atoms with Gasteiger partial charge < -0.3 is 11.1 Å². The first-order valence-corrected chi connectivity index (χ1v) is 8.70. The Morgan fingerprint density at radius 1 is 1.42 bits per heavy atom. The fourth-order valence-electron chi connectivity index (χ4n) is 2.30. The summed E-state index contributed by atoms with van der Waals surface area (Å²) in [5.74, 6) is -0.939. The molecule has 0 spiro atoms. The van der Waals surface area contributed by atoms with E-state index >= 15 is 0 Å². The molecule has 7 heteroatoms. The molecule has 0 bridgehead atoms. The summed E-state index contributed by atoms with van der Waals surface area (Å²) in [6.45, 7) is 8.50. The van der Waals surface area contributed by atoms with Gasteiger partial charge in [0.05, 0.1) is 5.69 Å². The molecule has 3 N–H and O–H groups in total. The maximum Gasteiger partial charge on any atom is 0.244 e. The summed E-state index contributed by atoms with van der Waals surface area (Å²) in [6, 6.07) is -0.684. The minimum atomic E-state index is -0.684. The van der Waals surface area contributed by atoms with Gasteiger partial charge in [-0.1, -0.05) is 45.2 Å². The number of carbonyl (C=O) groups is 2. The van der Waals surface area contributed by atoms with Gasteiger partial charge >= 0.3 is 0 Å². The summed E-state index contributed by atoms with van der Waals surface area (Å²) in [5.41, 5.74) is 6.82. The first-order valence-electron chi connectivity index (χ1n) is 8.32. The molecule has 1 aromatic rings. The third kappa shape index (κ3) is 5.37. The number of hydrogen-bond donors (Lipinski definition) is 2. The molecule has 0 saturated carbocycles. The molecule has 134 valence electrons. The van der Waals surface area contributed by atoms with Crippen molar-refractivity contribution in [3.8, 4) is 0 Å². The molecule has 2 amide bonds. The second-order valence-corrected chi connectivity index (χ2v) is 6.33. The lowest BCUT2D eigenvalue weighted by Crippen LogP contribution is -2.47. The monoisotopic (exact) mass is 354 g/mol. The van der Waals surface area contributed by atoms with Crippen LogP contribution in [0.1, 0.15) is 51.3 Å². The van der Waals surface area contributed by atoms with E-state index in [1.165, 1.54) is 6.08 Å². The van der Waals surface area contributed by atoms with Crippen molar-refractivity contribution >= 4 is 29.5 Å². The molecule has 1 aromatic heterocycles. The van der Waals surface area contributed by atoms with Gasteiger partial charge in [0.25, 0.3) is 0 Å². The lowest BCUT2D eigenvalue weighted by atomic mass is 9.98. The average molecular weight is 355 g/mol. The molecule has 0 aliphatic rings. The number of aromatic nitrogens is 2. The summed E-state index contributed by atoms with van der Waals surface area (Å²) < 4.78 is 1.74. The zero-order chi connectivity index (χ0) is 18.3. The number of nitrogens with zero attached hydrogens (tertiary/aromatic N) is 2. The fraction of sp³-hybridized carbons (Fsp3) is 0.588. The minimum absolute atomic E-state index is 0.0260. The number of hydrogen-bond acceptors (Lipinski definition) is 3. The highest BCUT2D eigenvalue weighted by Crippen LogP contribution is 2.21. The molecular formula is C17H27ClN4O2. The van der Waals surface area contributed by atoms with E-state index in [0.717, 1.165) is 31.5 Å². The van der Waals surface area contributed by atoms with Crippen molar-refractivity contribution in [3.63, 3.8) is 0 Å². The van der Waals surface area contributed by atoms with Crippen LogP contribution in [0.5, 0.6) is 0 Å². The van der Waals surface area contributed by atoms with E-state index in [-0.39, 0.29) is 11.8 Å². The Morgan fingerprint density at radius 2 is 2.08 bits per heavy atom. The van der Waals surface area contributed by atoms with Crippen LogP contribution in [0.4, 0.5) is 0 Å². The van der Waals surface area contributed by atoms with E-state index in [1.807, 2.05) is 20.8 Å². The maximum atomic E-state index is 12.1. The number of primary amides is 1. The van der Waals surface area contributed by atoms with Crippen molar-refractivity contribution < 1.29 is 9.59 Å². The fourth-order valence-corrected chi connectivity index (χ4v) is 2.62. The molecule has 2 atom stereocenters. The second-order valence-electron chi connectivity index (χ2n) is 5.97. The van der Waals surface area contributed by atoms with Crippen LogP contribution in [0.2, 0.25) is 5.15 Å². The van der Waals surface area contributed by atoms with Gasteiger partial charge in [-0.2, -0.15) is 5.10 Å². The summed E-state index contributed by atoms with van der Waals surface area (Å²) in [6.07, 6.45) is 5.76. The van der Waals surface area contributed by atoms with E-state index in [4.69, 9.17) is 17.3 Å². The van der Waals surface area contributed by atoms with E-state index in [1.54, 1.807) is 10.8 Å². The van der Waals surface area contributed by atoms with Gasteiger partial charge in [-0.3, -0.25) is 14.3 Å². The van der Waals surface area contributed by atoms with Gasteiger partial charge in [-0.05, 0) is 25.3 Å². The quantitative estimate of drug-likeness (QED) is 0.668. The zero-order valence-electron chi connectivity index (χ0n) is 14.8. The van der Waals surface area contributed by atoms with Crippen molar-refractivity contribution in [1.29, 1.82) is 0 Å². The highest BCUT2D eigenvalue weighted by atomic mass is 35.5. The Bertz CT molecular complexity index is 610. The molecule has 2 unspecified atom stereocenters. The number of aryl methyl sites for hydroxylation is 2. The number of unbranched alkanes of at least 4 members (excludes halogenated alkanes) is 1. The highest BCUT2D eigenvalue weighted by Gasteiger charge is 2.22. The molecule has 0 aliphatic heterocycles. The summed E-state index contributed by atoms with van der Waals surface area (Å²) in [4.78, 5) is 23.5. The third-order valence-corrected chi connectivity index (χ3v) is 4.45. The number of carbonyl (C=O) groups excluding carboxylic acids is 2. The van der Waals surface area contributed by atoms with Crippen molar-refractivity contribution in [3.05, 3.63) is 22.5 Å². The van der Waals surface area contributed by atoms with Gasteiger partial charge in [0.2, 0.25) is 11.8 Å². The molecule has 0 aromatic carbocycles. The topological polar surface area (TPSA) is 90.0 Å². The van der Waals surface area contributed by atoms with Crippen LogP contribution in [-0.4, -0.2) is 27.6 Å². The Hall–Kier alpha value is -1.82. The largest absolute Gasteiger partial charge is 0.368 e. The van der Waals surface area contributed by atoms with E-state index in [0.29, 0.717) is 10.7 Å². The van der Waals surface area contributed by atoms with Crippen LogP contribution >= 0.6 is 11.6 Å². The molecule has 0 saturated heterocycles. The van der Waals surface area contributed by atoms with Crippen molar-refractivity contribution in [2.75, 3.05) is 0 Å². The third-order valence-electron chi connectivity index (χ3n) is 4.05. The van der Waals surface area contributed by atoms with Gasteiger partial charge in [-0.15, -0.1) is 0 Å². The van der Waals surface area contributed by atoms with Crippen LogP contribution in [0.3, 0.4) is 0 Å². The Balaban J connectivity index is 2.83. The highest BCUT2D eigenvalue weighted by molar-refractivity contribution is 6.31. The van der Waals surface area contributed by atoms with Crippen LogP contribution in [-0.2, 0) is 16.1 Å². The second kappa shape index (κ2) is 9.47. The maximum absolute atomic E-state index is 12.1. The average Bonchev–Trinajstić information content (AvgIpc) is 2.81. The van der Waals surface area contributed by atoms with Crippen LogP contribution in [0, 0.1) is 12.8 Å². The lowest BCUT2D eigenvalue weighted by Gasteiger charge is -2.20. The molecule has 24 heavy (non-hydrogen) atoms. The first-order chi connectivity index (χ1) is 11.3. The Kier molecular flexibility index (Phi) is 7.98. The minimum Gasteiger partial charge on any atom is -0.368 e.